The molecular weight excluding hydrogens is 439 g/mol. The van der Waals surface area contributed by atoms with Crippen molar-refractivity contribution in [3.63, 3.8) is 0 Å². The zero-order valence-electron chi connectivity index (χ0n) is 16.5. The van der Waals surface area contributed by atoms with Crippen molar-refractivity contribution in [2.75, 3.05) is 5.32 Å². The number of amides is 1. The summed E-state index contributed by atoms with van der Waals surface area (Å²) in [5.41, 5.74) is 2.25. The summed E-state index contributed by atoms with van der Waals surface area (Å²) in [5, 5.41) is 12.2. The average Bonchev–Trinajstić information content (AvgIpc) is 3.32. The van der Waals surface area contributed by atoms with E-state index < -0.39 is 5.91 Å². The largest absolute Gasteiger partial charge is 0.489 e. The van der Waals surface area contributed by atoms with Crippen LogP contribution in [0, 0.1) is 6.92 Å². The average molecular weight is 457 g/mol. The topological polar surface area (TPSA) is 82.2 Å². The summed E-state index contributed by atoms with van der Waals surface area (Å²) < 4.78 is 12.7. The molecular formula is C22H18Cl2N4O3. The van der Waals surface area contributed by atoms with E-state index in [1.165, 1.54) is 0 Å². The third-order valence-electron chi connectivity index (χ3n) is 4.50. The van der Waals surface area contributed by atoms with E-state index in [1.54, 1.807) is 48.3 Å². The van der Waals surface area contributed by atoms with Gasteiger partial charge in [-0.25, -0.2) is 0 Å². The predicted octanol–water partition coefficient (Wildman–Crippen LogP) is 5.37. The molecule has 0 saturated carbocycles. The molecule has 0 saturated heterocycles. The first-order valence-corrected chi connectivity index (χ1v) is 10.2. The maximum Gasteiger partial charge on any atom is 0.278 e. The lowest BCUT2D eigenvalue weighted by Gasteiger charge is -2.07. The normalized spacial score (nSPS) is 10.8. The lowest BCUT2D eigenvalue weighted by atomic mass is 10.2. The van der Waals surface area contributed by atoms with Gasteiger partial charge in [-0.15, -0.1) is 0 Å². The van der Waals surface area contributed by atoms with E-state index >= 15 is 0 Å². The monoisotopic (exact) mass is 456 g/mol. The molecule has 0 unspecified atom stereocenters. The molecule has 0 bridgehead atoms. The number of halogens is 2. The summed E-state index contributed by atoms with van der Waals surface area (Å²) in [7, 11) is 0. The quantitative estimate of drug-likeness (QED) is 0.404. The highest BCUT2D eigenvalue weighted by Gasteiger charge is 2.21. The molecule has 0 atom stereocenters. The van der Waals surface area contributed by atoms with Crippen LogP contribution in [0.2, 0.25) is 10.0 Å². The van der Waals surface area contributed by atoms with Gasteiger partial charge in [-0.1, -0.05) is 46.6 Å². The van der Waals surface area contributed by atoms with Crippen molar-refractivity contribution in [3.8, 4) is 5.75 Å². The number of nitrogens with one attached hydrogen (secondary N) is 1. The van der Waals surface area contributed by atoms with Crippen LogP contribution >= 0.6 is 23.2 Å². The highest BCUT2D eigenvalue weighted by molar-refractivity contribution is 6.30. The number of hydrogen-bond donors (Lipinski definition) is 1. The fraction of sp³-hybridized carbons (Fsp3) is 0.136. The van der Waals surface area contributed by atoms with Crippen LogP contribution in [0.1, 0.15) is 27.4 Å². The zero-order valence-corrected chi connectivity index (χ0v) is 18.0. The Hall–Kier alpha value is -3.29. The van der Waals surface area contributed by atoms with Gasteiger partial charge in [0, 0.05) is 16.2 Å². The number of carbonyl (C=O) groups excluding carboxylic acids is 1. The van der Waals surface area contributed by atoms with Crippen LogP contribution in [0.5, 0.6) is 5.75 Å². The van der Waals surface area contributed by atoms with Gasteiger partial charge < -0.3 is 14.6 Å². The van der Waals surface area contributed by atoms with Gasteiger partial charge in [-0.3, -0.25) is 9.48 Å². The molecule has 2 aromatic heterocycles. The molecule has 4 aromatic rings. The highest BCUT2D eigenvalue weighted by Crippen LogP contribution is 2.21. The number of benzene rings is 2. The minimum absolute atomic E-state index is 0.118. The molecule has 158 valence electrons. The molecule has 0 aliphatic rings. The van der Waals surface area contributed by atoms with Gasteiger partial charge in [0.25, 0.3) is 5.91 Å². The number of ether oxygens (including phenoxy) is 1. The van der Waals surface area contributed by atoms with E-state index in [4.69, 9.17) is 32.5 Å². The van der Waals surface area contributed by atoms with Gasteiger partial charge in [-0.05, 0) is 42.8 Å². The van der Waals surface area contributed by atoms with E-state index in [0.717, 1.165) is 5.56 Å². The second kappa shape index (κ2) is 9.24. The Bertz CT molecular complexity index is 1220. The molecule has 9 heteroatoms. The van der Waals surface area contributed by atoms with Gasteiger partial charge in [0.1, 0.15) is 18.1 Å². The van der Waals surface area contributed by atoms with E-state index in [1.807, 2.05) is 24.3 Å². The van der Waals surface area contributed by atoms with Crippen molar-refractivity contribution in [1.29, 1.82) is 0 Å². The molecule has 2 aromatic carbocycles. The Kier molecular flexibility index (Phi) is 6.25. The number of carbonyl (C=O) groups is 1. The Morgan fingerprint density at radius 2 is 1.94 bits per heavy atom. The van der Waals surface area contributed by atoms with Crippen molar-refractivity contribution < 1.29 is 14.1 Å². The fourth-order valence-electron chi connectivity index (χ4n) is 2.98. The maximum absolute atomic E-state index is 12.8. The third-order valence-corrected chi connectivity index (χ3v) is 4.97. The summed E-state index contributed by atoms with van der Waals surface area (Å²) >= 11 is 12.0. The van der Waals surface area contributed by atoms with Gasteiger partial charge in [0.15, 0.2) is 5.69 Å². The first-order chi connectivity index (χ1) is 15.0. The van der Waals surface area contributed by atoms with Crippen molar-refractivity contribution in [2.24, 2.45) is 0 Å². The Balaban J connectivity index is 1.43. The van der Waals surface area contributed by atoms with E-state index in [0.29, 0.717) is 39.4 Å². The molecule has 0 aliphatic heterocycles. The summed E-state index contributed by atoms with van der Waals surface area (Å²) in [5.74, 6) is 0.675. The number of rotatable bonds is 7. The minimum Gasteiger partial charge on any atom is -0.489 e. The maximum atomic E-state index is 12.8. The standard InChI is InChI=1S/C22H18Cl2N4O3/c1-14-20(13-30-19-7-3-6-17(24)9-19)21(27-31-14)22(29)26-18-10-25-28(12-18)11-15-4-2-5-16(23)8-15/h2-10,12H,11,13H2,1H3,(H,26,29). The first kappa shape index (κ1) is 21.0. The van der Waals surface area contributed by atoms with Crippen LogP contribution < -0.4 is 10.1 Å². The van der Waals surface area contributed by atoms with Crippen LogP contribution in [0.15, 0.2) is 65.4 Å². The number of nitrogens with zero attached hydrogens (tertiary/aromatic N) is 3. The van der Waals surface area contributed by atoms with Crippen molar-refractivity contribution >= 4 is 34.8 Å². The zero-order chi connectivity index (χ0) is 21.8. The molecule has 4 rings (SSSR count). The van der Waals surface area contributed by atoms with Crippen LogP contribution in [0.4, 0.5) is 5.69 Å². The fourth-order valence-corrected chi connectivity index (χ4v) is 3.37. The number of aromatic nitrogens is 3. The smallest absolute Gasteiger partial charge is 0.278 e. The van der Waals surface area contributed by atoms with Crippen LogP contribution in [-0.2, 0) is 13.2 Å². The highest BCUT2D eigenvalue weighted by atomic mass is 35.5. The predicted molar refractivity (Wildman–Crippen MR) is 118 cm³/mol. The summed E-state index contributed by atoms with van der Waals surface area (Å²) in [6.45, 7) is 2.37. The Labute approximate surface area is 188 Å². The lowest BCUT2D eigenvalue weighted by molar-refractivity contribution is 0.101. The molecule has 1 amide bonds. The first-order valence-electron chi connectivity index (χ1n) is 9.40. The van der Waals surface area contributed by atoms with E-state index in [-0.39, 0.29) is 12.3 Å². The second-order valence-corrected chi connectivity index (χ2v) is 7.70. The molecule has 0 radical (unpaired) electrons. The number of hydrogen-bond acceptors (Lipinski definition) is 5. The van der Waals surface area contributed by atoms with Gasteiger partial charge in [-0.2, -0.15) is 5.10 Å². The molecule has 0 fully saturated rings. The summed E-state index contributed by atoms with van der Waals surface area (Å²) in [6, 6.07) is 14.5. The molecule has 0 spiro atoms. The number of anilines is 1. The summed E-state index contributed by atoms with van der Waals surface area (Å²) in [6.07, 6.45) is 3.30. The Morgan fingerprint density at radius 1 is 1.16 bits per heavy atom. The number of aryl methyl sites for hydroxylation is 1. The SMILES string of the molecule is Cc1onc(C(=O)Nc2cnn(Cc3cccc(Cl)c3)c2)c1COc1cccc(Cl)c1. The molecule has 31 heavy (non-hydrogen) atoms. The van der Waals surface area contributed by atoms with Gasteiger partial charge in [0.05, 0.1) is 24.0 Å². The van der Waals surface area contributed by atoms with Crippen molar-refractivity contribution in [3.05, 3.63) is 93.6 Å². The van der Waals surface area contributed by atoms with Crippen molar-refractivity contribution in [2.45, 2.75) is 20.1 Å². The second-order valence-electron chi connectivity index (χ2n) is 6.82. The molecule has 1 N–H and O–H groups in total. The van der Waals surface area contributed by atoms with Gasteiger partial charge in [0.2, 0.25) is 0 Å². The van der Waals surface area contributed by atoms with E-state index in [2.05, 4.69) is 15.6 Å². The minimum atomic E-state index is -0.413. The lowest BCUT2D eigenvalue weighted by Crippen LogP contribution is -2.15. The van der Waals surface area contributed by atoms with Crippen LogP contribution in [0.25, 0.3) is 0 Å². The van der Waals surface area contributed by atoms with Crippen molar-refractivity contribution in [1.82, 2.24) is 14.9 Å². The third kappa shape index (κ3) is 5.25. The van der Waals surface area contributed by atoms with Crippen LogP contribution in [-0.4, -0.2) is 20.8 Å². The van der Waals surface area contributed by atoms with E-state index in [9.17, 15) is 4.79 Å². The molecule has 0 aliphatic carbocycles. The summed E-state index contributed by atoms with van der Waals surface area (Å²) in [4.78, 5) is 12.8. The molecule has 2 heterocycles. The molecule has 7 nitrogen and oxygen atoms in total. The Morgan fingerprint density at radius 3 is 2.71 bits per heavy atom. The van der Waals surface area contributed by atoms with Crippen LogP contribution in [0.3, 0.4) is 0 Å². The van der Waals surface area contributed by atoms with Gasteiger partial charge >= 0.3 is 0 Å².